The molecule has 3 unspecified atom stereocenters. The van der Waals surface area contributed by atoms with Gasteiger partial charge in [-0.2, -0.15) is 6.20 Å². The van der Waals surface area contributed by atoms with Crippen LogP contribution in [0.1, 0.15) is 29.3 Å². The van der Waals surface area contributed by atoms with E-state index in [1.165, 1.54) is 14.6 Å². The fraction of sp³-hybridized carbons (Fsp3) is 0.0833. The zero-order valence-electron chi connectivity index (χ0n) is 37.4. The Hall–Kier alpha value is -7.76. The first kappa shape index (κ1) is 41.4. The summed E-state index contributed by atoms with van der Waals surface area (Å²) in [5.41, 5.74) is 15.5. The molecule has 7 nitrogen and oxygen atoms in total. The molecule has 69 heavy (non-hydrogen) atoms. The van der Waals surface area contributed by atoms with Crippen LogP contribution < -0.4 is 20.4 Å². The maximum atomic E-state index is 7.44. The lowest BCUT2D eigenvalue weighted by molar-refractivity contribution is 0.301. The third-order valence-corrected chi connectivity index (χ3v) is 16.1. The number of halogens is 1. The highest BCUT2D eigenvalue weighted by atomic mass is 127. The molecule has 0 fully saturated rings. The molecule has 1 aliphatic carbocycles. The van der Waals surface area contributed by atoms with Crippen molar-refractivity contribution in [2.45, 2.75) is 12.5 Å². The molecule has 0 N–H and O–H groups in total. The molecule has 7 aromatic rings. The molecule has 5 aliphatic heterocycles. The minimum absolute atomic E-state index is 0.0258. The van der Waals surface area contributed by atoms with Gasteiger partial charge in [-0.1, -0.05) is 148 Å². The van der Waals surface area contributed by atoms with E-state index in [9.17, 15) is 0 Å². The molecule has 9 heteroatoms. The smallest absolute Gasteiger partial charge is 0.260 e. The van der Waals surface area contributed by atoms with E-state index in [1.807, 2.05) is 55.0 Å². The predicted molar refractivity (Wildman–Crippen MR) is 290 cm³/mol. The van der Waals surface area contributed by atoms with E-state index in [-0.39, 0.29) is 45.3 Å². The minimum atomic E-state index is -0.208. The van der Waals surface area contributed by atoms with Crippen LogP contribution in [0.15, 0.2) is 227 Å². The van der Waals surface area contributed by atoms with Gasteiger partial charge in [0, 0.05) is 62.8 Å². The fourth-order valence-electron chi connectivity index (χ4n) is 10.3. The first-order chi connectivity index (χ1) is 34.2. The van der Waals surface area contributed by atoms with Crippen LogP contribution in [0.3, 0.4) is 0 Å². The highest BCUT2D eigenvalue weighted by Gasteiger charge is 2.46. The van der Waals surface area contributed by atoms with Crippen LogP contribution in [-0.4, -0.2) is 37.4 Å². The van der Waals surface area contributed by atoms with Crippen molar-refractivity contribution >= 4 is 58.7 Å². The maximum absolute atomic E-state index is 7.44. The van der Waals surface area contributed by atoms with Gasteiger partial charge in [-0.3, -0.25) is 19.9 Å². The van der Waals surface area contributed by atoms with Crippen molar-refractivity contribution in [3.05, 3.63) is 244 Å². The van der Waals surface area contributed by atoms with Crippen LogP contribution in [0.25, 0.3) is 50.1 Å². The Bertz CT molecular complexity index is 3470. The maximum Gasteiger partial charge on any atom is 0.260 e. The van der Waals surface area contributed by atoms with Gasteiger partial charge in [-0.05, 0) is 116 Å². The number of rotatable bonds is 8. The summed E-state index contributed by atoms with van der Waals surface area (Å²) in [7, 11) is 0. The van der Waals surface area contributed by atoms with Crippen molar-refractivity contribution in [2.24, 2.45) is 16.8 Å². The SMILES string of the molecule is C1=CI=C(C2=NCC(C3CC(c4ccccc4)=CC4=C3Oc3cc(C5=C[N-]C(c6ccccn6)C=C5)cc5c3B4c3cc(-c4ccccc4)cc(-c4ccc(-c6ccccn6)nc4)c3O5)C=C2)C=C1. The Labute approximate surface area is 411 Å². The van der Waals surface area contributed by atoms with Gasteiger partial charge < -0.3 is 14.8 Å². The number of ether oxygens (including phenoxy) is 2. The van der Waals surface area contributed by atoms with Gasteiger partial charge in [-0.15, -0.1) is 0 Å². The Morgan fingerprint density at radius 2 is 1.45 bits per heavy atom. The summed E-state index contributed by atoms with van der Waals surface area (Å²) in [6, 6.07) is 46.3. The van der Waals surface area contributed by atoms with Crippen molar-refractivity contribution < 1.29 is 9.47 Å². The summed E-state index contributed by atoms with van der Waals surface area (Å²) in [5.74, 6) is 3.52. The van der Waals surface area contributed by atoms with Crippen LogP contribution in [0.2, 0.25) is 0 Å². The molecular formula is C60H42BIN5O2-. The Morgan fingerprint density at radius 1 is 0.652 bits per heavy atom. The normalized spacial score (nSPS) is 19.5. The monoisotopic (exact) mass is 1000 g/mol. The van der Waals surface area contributed by atoms with E-state index in [2.05, 4.69) is 160 Å². The third-order valence-electron chi connectivity index (χ3n) is 13.7. The molecular weight excluding hydrogens is 960 g/mol. The second kappa shape index (κ2) is 17.7. The quantitative estimate of drug-likeness (QED) is 0.112. The lowest BCUT2D eigenvalue weighted by Crippen LogP contribution is -2.52. The summed E-state index contributed by atoms with van der Waals surface area (Å²) in [6.07, 6.45) is 26.2. The Balaban J connectivity index is 1.00. The van der Waals surface area contributed by atoms with Gasteiger partial charge in [0.15, 0.2) is 0 Å². The summed E-state index contributed by atoms with van der Waals surface area (Å²) in [5, 5.41) is 4.98. The van der Waals surface area contributed by atoms with Crippen LogP contribution in [0.5, 0.6) is 17.2 Å². The summed E-state index contributed by atoms with van der Waals surface area (Å²) >= 11 is -0.208. The van der Waals surface area contributed by atoms with E-state index in [4.69, 9.17) is 24.8 Å². The molecule has 0 spiro atoms. The topological polar surface area (TPSA) is 83.6 Å². The van der Waals surface area contributed by atoms with Gasteiger partial charge >= 0.3 is 0 Å². The molecule has 0 bridgehead atoms. The molecule has 0 saturated carbocycles. The first-order valence-electron chi connectivity index (χ1n) is 23.4. The number of nitrogens with zero attached hydrogens (tertiary/aromatic N) is 5. The van der Waals surface area contributed by atoms with Crippen LogP contribution in [-0.2, 0) is 0 Å². The molecule has 4 aromatic carbocycles. The van der Waals surface area contributed by atoms with Crippen LogP contribution >= 0.6 is 20.7 Å². The largest absolute Gasteiger partial charge is 0.679 e. The molecule has 3 atom stereocenters. The van der Waals surface area contributed by atoms with E-state index in [1.54, 1.807) is 6.20 Å². The predicted octanol–water partition coefficient (Wildman–Crippen LogP) is 12.8. The van der Waals surface area contributed by atoms with E-state index in [0.717, 1.165) is 102 Å². The summed E-state index contributed by atoms with van der Waals surface area (Å²) in [4.78, 5) is 19.4. The van der Waals surface area contributed by atoms with E-state index in [0.29, 0.717) is 6.54 Å². The highest BCUT2D eigenvalue weighted by molar-refractivity contribution is 14.2. The number of allylic oxidation sites excluding steroid dienone is 10. The van der Waals surface area contributed by atoms with Gasteiger partial charge in [0.1, 0.15) is 23.0 Å². The molecule has 8 heterocycles. The van der Waals surface area contributed by atoms with E-state index < -0.39 is 0 Å². The zero-order chi connectivity index (χ0) is 45.7. The van der Waals surface area contributed by atoms with Gasteiger partial charge in [0.05, 0.1) is 17.1 Å². The number of fused-ring (bicyclic) bond motifs is 3. The highest BCUT2D eigenvalue weighted by Crippen LogP contribution is 2.49. The number of dihydropyridines is 1. The molecule has 13 rings (SSSR count). The number of hydrogen-bond donors (Lipinski definition) is 0. The fourth-order valence-corrected chi connectivity index (χ4v) is 12.2. The van der Waals surface area contributed by atoms with E-state index >= 15 is 0 Å². The van der Waals surface area contributed by atoms with Crippen molar-refractivity contribution in [1.29, 1.82) is 0 Å². The summed E-state index contributed by atoms with van der Waals surface area (Å²) < 4.78 is 18.5. The minimum Gasteiger partial charge on any atom is -0.679 e. The second-order valence-corrected chi connectivity index (χ2v) is 20.3. The summed E-state index contributed by atoms with van der Waals surface area (Å²) in [6.45, 7) is 0.480. The van der Waals surface area contributed by atoms with Gasteiger partial charge in [0.2, 0.25) is 0 Å². The Morgan fingerprint density at radius 3 is 2.16 bits per heavy atom. The number of benzene rings is 4. The standard InChI is InChI=1S/C60H42BIN5O2/c1-3-13-38(14-4-1)43-29-46(41-21-23-51(65-36-41)50-17-7-10-26-62-50)59-48(31-43)61-49-32-44(39-15-5-2-6-16-39)30-47(42-22-25-55(67-37-42)53-19-9-12-28-64-53)60(49)69-57-34-45(33-56(68-59)58(57)61)40-20-24-54(66-35-40)52-18-8-11-27-63-52/h1-28,30-35,37,41,46,54H,29,36H2/q-1. The molecule has 0 amide bonds. The number of aromatic nitrogens is 3. The zero-order valence-corrected chi connectivity index (χ0v) is 39.5. The second-order valence-electron chi connectivity index (χ2n) is 17.8. The average molecular weight is 1000 g/mol. The Kier molecular flexibility index (Phi) is 10.6. The van der Waals surface area contributed by atoms with Gasteiger partial charge in [-0.25, -0.2) is 0 Å². The molecule has 0 saturated heterocycles. The molecule has 6 aliphatic rings. The first-order valence-corrected chi connectivity index (χ1v) is 25.7. The lowest BCUT2D eigenvalue weighted by atomic mass is 9.33. The van der Waals surface area contributed by atoms with Crippen molar-refractivity contribution in [2.75, 3.05) is 6.54 Å². The van der Waals surface area contributed by atoms with Crippen molar-refractivity contribution in [3.8, 4) is 50.9 Å². The van der Waals surface area contributed by atoms with Crippen LogP contribution in [0.4, 0.5) is 0 Å². The van der Waals surface area contributed by atoms with Crippen molar-refractivity contribution in [3.63, 3.8) is 0 Å². The lowest BCUT2D eigenvalue weighted by Gasteiger charge is -2.41. The number of hydrogen-bond acceptors (Lipinski definition) is 6. The van der Waals surface area contributed by atoms with Gasteiger partial charge in [0.25, 0.3) is 6.71 Å². The number of aliphatic imine (C=N–C) groups is 1. The van der Waals surface area contributed by atoms with Crippen molar-refractivity contribution in [1.82, 2.24) is 15.0 Å². The third kappa shape index (κ3) is 7.76. The van der Waals surface area contributed by atoms with Crippen LogP contribution in [0, 0.1) is 11.8 Å². The molecule has 0 radical (unpaired) electrons. The molecule has 330 valence electrons. The molecule has 3 aromatic heterocycles. The number of pyridine rings is 3. The average Bonchev–Trinajstić information content (AvgIpc) is 3.43.